The van der Waals surface area contributed by atoms with Gasteiger partial charge in [0.2, 0.25) is 0 Å². The summed E-state index contributed by atoms with van der Waals surface area (Å²) in [6.45, 7) is 6.55. The van der Waals surface area contributed by atoms with E-state index < -0.39 is 11.9 Å². The van der Waals surface area contributed by atoms with Gasteiger partial charge in [0.25, 0.3) is 0 Å². The lowest BCUT2D eigenvalue weighted by Gasteiger charge is -2.05. The minimum atomic E-state index is -0.952. The molecule has 256 valence electrons. The van der Waals surface area contributed by atoms with Crippen LogP contribution in [0.1, 0.15) is 168 Å². The number of hydrogen-bond donors (Lipinski definition) is 5. The Kier molecular flexibility index (Phi) is 26.5. The number of aromatic hydroxyl groups is 2. The predicted octanol–water partition coefficient (Wildman–Crippen LogP) is 10.3. The smallest absolute Gasteiger partial charge is 0.335 e. The lowest BCUT2D eigenvalue weighted by Crippen LogP contribution is -2.02. The first-order chi connectivity index (χ1) is 21.7. The molecule has 7 nitrogen and oxygen atoms in total. The van der Waals surface area contributed by atoms with Crippen LogP contribution in [0.25, 0.3) is 0 Å². The topological polar surface area (TPSA) is 135 Å². The van der Waals surface area contributed by atoms with Crippen molar-refractivity contribution in [2.45, 2.75) is 149 Å². The molecule has 2 rings (SSSR count). The van der Waals surface area contributed by atoms with Gasteiger partial charge in [-0.15, -0.1) is 0 Å². The number of phenolic OH excluding ortho intramolecular Hbond substituents is 2. The largest absolute Gasteiger partial charge is 0.508 e. The minimum Gasteiger partial charge on any atom is -0.508 e. The third-order valence-corrected chi connectivity index (χ3v) is 7.83. The zero-order valence-electron chi connectivity index (χ0n) is 28.4. The number of aryl methyl sites for hydroxylation is 2. The lowest BCUT2D eigenvalue weighted by molar-refractivity contribution is 0.0684. The minimum absolute atomic E-state index is 0.108. The molecule has 0 aliphatic heterocycles. The summed E-state index contributed by atoms with van der Waals surface area (Å²) in [4.78, 5) is 21.4. The van der Waals surface area contributed by atoms with Crippen molar-refractivity contribution < 1.29 is 35.1 Å². The molecule has 0 aliphatic rings. The van der Waals surface area contributed by atoms with E-state index in [-0.39, 0.29) is 22.6 Å². The molecule has 0 saturated carbocycles. The highest BCUT2D eigenvalue weighted by molar-refractivity contribution is 5.90. The molecule has 0 fully saturated rings. The van der Waals surface area contributed by atoms with Crippen LogP contribution in [0.4, 0.5) is 0 Å². The number of aliphatic hydroxyl groups is 1. The number of aromatic carboxylic acids is 2. The maximum absolute atomic E-state index is 10.8. The van der Waals surface area contributed by atoms with Crippen LogP contribution in [0, 0.1) is 0 Å². The molecule has 0 radical (unpaired) electrons. The van der Waals surface area contributed by atoms with Gasteiger partial charge in [-0.05, 0) is 73.2 Å². The zero-order chi connectivity index (χ0) is 33.7. The molecule has 0 aliphatic carbocycles. The number of carboxylic acids is 2. The summed E-state index contributed by atoms with van der Waals surface area (Å²) < 4.78 is 0. The number of unbranched alkanes of at least 4 members (excludes halogenated alkanes) is 16. The van der Waals surface area contributed by atoms with Crippen LogP contribution in [0.15, 0.2) is 36.4 Å². The molecule has 7 heteroatoms. The van der Waals surface area contributed by atoms with Gasteiger partial charge in [0, 0.05) is 6.61 Å². The maximum atomic E-state index is 10.8. The Bertz CT molecular complexity index is 1020. The van der Waals surface area contributed by atoms with Crippen molar-refractivity contribution in [3.63, 3.8) is 0 Å². The van der Waals surface area contributed by atoms with Gasteiger partial charge in [-0.1, -0.05) is 124 Å². The Balaban J connectivity index is 0.000000663. The van der Waals surface area contributed by atoms with Gasteiger partial charge in [0.1, 0.15) is 11.5 Å². The number of rotatable bonds is 22. The fourth-order valence-electron chi connectivity index (χ4n) is 5.10. The fraction of sp³-hybridized carbons (Fsp3) is 0.632. The number of aliphatic hydroxyl groups excluding tert-OH is 1. The summed E-state index contributed by atoms with van der Waals surface area (Å²) in [5, 5.41) is 44.5. The van der Waals surface area contributed by atoms with E-state index in [4.69, 9.17) is 20.4 Å². The number of phenols is 2. The van der Waals surface area contributed by atoms with Gasteiger partial charge < -0.3 is 25.5 Å². The molecule has 0 bridgehead atoms. The Morgan fingerprint density at radius 3 is 1.22 bits per heavy atom. The normalized spacial score (nSPS) is 10.4. The van der Waals surface area contributed by atoms with Gasteiger partial charge >= 0.3 is 11.9 Å². The van der Waals surface area contributed by atoms with E-state index in [0.717, 1.165) is 19.3 Å². The van der Waals surface area contributed by atoms with Crippen LogP contribution in [-0.2, 0) is 12.8 Å². The molecule has 0 saturated heterocycles. The molecule has 0 aromatic heterocycles. The molecule has 0 atom stereocenters. The van der Waals surface area contributed by atoms with Gasteiger partial charge in [-0.3, -0.25) is 0 Å². The summed E-state index contributed by atoms with van der Waals surface area (Å²) in [6, 6.07) is 8.64. The molecule has 0 amide bonds. The van der Waals surface area contributed by atoms with Crippen LogP contribution in [-0.4, -0.2) is 44.1 Å². The molecule has 45 heavy (non-hydrogen) atoms. The van der Waals surface area contributed by atoms with E-state index in [2.05, 4.69) is 6.92 Å². The van der Waals surface area contributed by atoms with E-state index in [1.165, 1.54) is 133 Å². The van der Waals surface area contributed by atoms with Crippen molar-refractivity contribution >= 4 is 11.9 Å². The Labute approximate surface area is 272 Å². The van der Waals surface area contributed by atoms with Crippen LogP contribution in [0.3, 0.4) is 0 Å². The standard InChI is InChI=1S/C18H38O.C11H14O3.C9H10O3/c1-2-3-4-5-6-7-8-9-10-11-12-13-14-15-16-17-18-19;1-2-3-4-8-7-9(12)5-6-10(8)11(13)14;1-2-6-5-7(10)3-4-8(6)9(11)12/h19H,2-18H2,1H3;5-7,12H,2-4H2,1H3,(H,13,14);3-5,10H,2H2,1H3,(H,11,12). The predicted molar refractivity (Wildman–Crippen MR) is 185 cm³/mol. The van der Waals surface area contributed by atoms with E-state index in [9.17, 15) is 14.7 Å². The van der Waals surface area contributed by atoms with Crippen molar-refractivity contribution in [2.75, 3.05) is 6.61 Å². The summed E-state index contributed by atoms with van der Waals surface area (Å²) in [6.07, 6.45) is 25.4. The Hall–Kier alpha value is -3.06. The highest BCUT2D eigenvalue weighted by Gasteiger charge is 2.10. The molecular weight excluding hydrogens is 568 g/mol. The third kappa shape index (κ3) is 22.1. The molecule has 2 aromatic rings. The van der Waals surface area contributed by atoms with E-state index >= 15 is 0 Å². The van der Waals surface area contributed by atoms with Crippen molar-refractivity contribution in [1.82, 2.24) is 0 Å². The molecule has 0 spiro atoms. The highest BCUT2D eigenvalue weighted by atomic mass is 16.4. The first-order valence-corrected chi connectivity index (χ1v) is 17.4. The number of benzene rings is 2. The van der Waals surface area contributed by atoms with Gasteiger partial charge in [-0.2, -0.15) is 0 Å². The van der Waals surface area contributed by atoms with Gasteiger partial charge in [0.15, 0.2) is 0 Å². The van der Waals surface area contributed by atoms with Crippen molar-refractivity contribution in [3.05, 3.63) is 58.7 Å². The van der Waals surface area contributed by atoms with E-state index in [0.29, 0.717) is 30.6 Å². The first kappa shape index (κ1) is 41.9. The average molecular weight is 631 g/mol. The van der Waals surface area contributed by atoms with Crippen molar-refractivity contribution in [3.8, 4) is 11.5 Å². The average Bonchev–Trinajstić information content (AvgIpc) is 3.02. The lowest BCUT2D eigenvalue weighted by atomic mass is 10.0. The number of hydrogen-bond acceptors (Lipinski definition) is 5. The second kappa shape index (κ2) is 28.4. The monoisotopic (exact) mass is 630 g/mol. The number of carbonyl (C=O) groups is 2. The summed E-state index contributed by atoms with van der Waals surface area (Å²) in [5.41, 5.74) is 1.91. The van der Waals surface area contributed by atoms with Crippen LogP contribution >= 0.6 is 0 Å². The zero-order valence-corrected chi connectivity index (χ0v) is 28.4. The third-order valence-electron chi connectivity index (χ3n) is 7.83. The van der Waals surface area contributed by atoms with E-state index in [1.54, 1.807) is 0 Å². The second-order valence-corrected chi connectivity index (χ2v) is 11.8. The summed E-state index contributed by atoms with van der Waals surface area (Å²) >= 11 is 0. The van der Waals surface area contributed by atoms with Gasteiger partial charge in [-0.25, -0.2) is 9.59 Å². The van der Waals surface area contributed by atoms with Crippen molar-refractivity contribution in [2.24, 2.45) is 0 Å². The van der Waals surface area contributed by atoms with E-state index in [1.807, 2.05) is 13.8 Å². The summed E-state index contributed by atoms with van der Waals surface area (Å²) in [7, 11) is 0. The molecule has 0 heterocycles. The molecule has 5 N–H and O–H groups in total. The Morgan fingerprint density at radius 2 is 0.867 bits per heavy atom. The maximum Gasteiger partial charge on any atom is 0.335 e. The van der Waals surface area contributed by atoms with Gasteiger partial charge in [0.05, 0.1) is 11.1 Å². The fourth-order valence-corrected chi connectivity index (χ4v) is 5.10. The van der Waals surface area contributed by atoms with Crippen molar-refractivity contribution in [1.29, 1.82) is 0 Å². The number of carboxylic acid groups (broad SMARTS) is 2. The van der Waals surface area contributed by atoms with Crippen LogP contribution in [0.2, 0.25) is 0 Å². The van der Waals surface area contributed by atoms with Crippen LogP contribution < -0.4 is 0 Å². The van der Waals surface area contributed by atoms with Crippen LogP contribution in [0.5, 0.6) is 11.5 Å². The summed E-state index contributed by atoms with van der Waals surface area (Å²) in [5.74, 6) is -1.65. The molecule has 2 aromatic carbocycles. The quantitative estimate of drug-likeness (QED) is 0.0817. The molecule has 0 unspecified atom stereocenters. The Morgan fingerprint density at radius 1 is 0.511 bits per heavy atom. The SMILES string of the molecule is CCCCCCCCCCCCCCCCCCO.CCCCc1cc(O)ccc1C(=O)O.CCc1cc(O)ccc1C(=O)O. The highest BCUT2D eigenvalue weighted by Crippen LogP contribution is 2.19. The molecular formula is C38H62O7. The first-order valence-electron chi connectivity index (χ1n) is 17.4. The second-order valence-electron chi connectivity index (χ2n) is 11.8.